The lowest BCUT2D eigenvalue weighted by Crippen LogP contribution is -2.57. The van der Waals surface area contributed by atoms with Crippen LogP contribution in [0.3, 0.4) is 0 Å². The molecule has 0 aliphatic carbocycles. The van der Waals surface area contributed by atoms with Crippen molar-refractivity contribution in [2.24, 2.45) is 11.7 Å². The van der Waals surface area contributed by atoms with Crippen LogP contribution in [0.4, 0.5) is 0 Å². The zero-order valence-electron chi connectivity index (χ0n) is 21.3. The predicted octanol–water partition coefficient (Wildman–Crippen LogP) is 1.31. The van der Waals surface area contributed by atoms with Crippen molar-refractivity contribution in [3.8, 4) is 0 Å². The van der Waals surface area contributed by atoms with Gasteiger partial charge in [0.2, 0.25) is 17.7 Å². The molecule has 10 nitrogen and oxygen atoms in total. The SMILES string of the molecule is CSCCC(NC(=O)C(CC(C)C)NC(=O)C(N)CS)C(=O)NC(Cc1c[nH]c2ccccc12)C(=O)O. The average Bonchev–Trinajstić information content (AvgIpc) is 3.27. The number of carbonyl (C=O) groups excluding carboxylic acids is 3. The third-order valence-electron chi connectivity index (χ3n) is 5.83. The first-order valence-corrected chi connectivity index (χ1v) is 14.1. The van der Waals surface area contributed by atoms with Gasteiger partial charge in [0.25, 0.3) is 0 Å². The molecule has 0 saturated heterocycles. The second-order valence-electron chi connectivity index (χ2n) is 9.29. The van der Waals surface area contributed by atoms with E-state index in [2.05, 4.69) is 33.6 Å². The van der Waals surface area contributed by atoms with E-state index in [0.717, 1.165) is 16.5 Å². The van der Waals surface area contributed by atoms with Crippen molar-refractivity contribution < 1.29 is 24.3 Å². The van der Waals surface area contributed by atoms with Crippen LogP contribution in [0.15, 0.2) is 30.5 Å². The largest absolute Gasteiger partial charge is 0.480 e. The minimum Gasteiger partial charge on any atom is -0.480 e. The molecule has 3 amide bonds. The number of carboxylic acids is 1. The van der Waals surface area contributed by atoms with Gasteiger partial charge in [-0.05, 0) is 42.4 Å². The number of para-hydroxylation sites is 1. The predicted molar refractivity (Wildman–Crippen MR) is 150 cm³/mol. The fourth-order valence-corrected chi connectivity index (χ4v) is 4.47. The van der Waals surface area contributed by atoms with Crippen LogP contribution in [0.5, 0.6) is 0 Å². The highest BCUT2D eigenvalue weighted by atomic mass is 32.2. The van der Waals surface area contributed by atoms with E-state index in [1.165, 1.54) is 11.8 Å². The summed E-state index contributed by atoms with van der Waals surface area (Å²) >= 11 is 5.52. The van der Waals surface area contributed by atoms with E-state index in [1.54, 1.807) is 6.20 Å². The van der Waals surface area contributed by atoms with Crippen LogP contribution >= 0.6 is 24.4 Å². The Balaban J connectivity index is 2.17. The number of thiol groups is 1. The molecule has 4 unspecified atom stereocenters. The summed E-state index contributed by atoms with van der Waals surface area (Å²) in [6.07, 6.45) is 4.30. The average molecular weight is 552 g/mol. The van der Waals surface area contributed by atoms with Gasteiger partial charge in [-0.25, -0.2) is 4.79 Å². The van der Waals surface area contributed by atoms with Crippen molar-refractivity contribution in [3.05, 3.63) is 36.0 Å². The zero-order valence-corrected chi connectivity index (χ0v) is 23.0. The second-order valence-corrected chi connectivity index (χ2v) is 10.6. The third kappa shape index (κ3) is 9.28. The van der Waals surface area contributed by atoms with E-state index >= 15 is 0 Å². The monoisotopic (exact) mass is 551 g/mol. The number of aromatic nitrogens is 1. The Morgan fingerprint density at radius 2 is 1.65 bits per heavy atom. The highest BCUT2D eigenvalue weighted by molar-refractivity contribution is 7.98. The number of aromatic amines is 1. The van der Waals surface area contributed by atoms with E-state index in [9.17, 15) is 24.3 Å². The van der Waals surface area contributed by atoms with E-state index in [4.69, 9.17) is 5.73 Å². The van der Waals surface area contributed by atoms with Crippen molar-refractivity contribution >= 4 is 59.0 Å². The Morgan fingerprint density at radius 3 is 2.27 bits per heavy atom. The molecule has 2 rings (SSSR count). The first-order chi connectivity index (χ1) is 17.6. The summed E-state index contributed by atoms with van der Waals surface area (Å²) in [5.74, 6) is -2.06. The molecular weight excluding hydrogens is 514 g/mol. The van der Waals surface area contributed by atoms with Gasteiger partial charge in [-0.2, -0.15) is 24.4 Å². The van der Waals surface area contributed by atoms with Gasteiger partial charge in [-0.1, -0.05) is 32.0 Å². The van der Waals surface area contributed by atoms with Gasteiger partial charge in [0.1, 0.15) is 18.1 Å². The summed E-state index contributed by atoms with van der Waals surface area (Å²) in [5.41, 5.74) is 7.37. The molecule has 0 radical (unpaired) electrons. The van der Waals surface area contributed by atoms with Crippen LogP contribution in [0.2, 0.25) is 0 Å². The van der Waals surface area contributed by atoms with Crippen molar-refractivity contribution in [2.45, 2.75) is 57.3 Å². The number of fused-ring (bicyclic) bond motifs is 1. The fraction of sp³-hybridized carbons (Fsp3) is 0.520. The maximum Gasteiger partial charge on any atom is 0.326 e. The minimum atomic E-state index is -1.19. The summed E-state index contributed by atoms with van der Waals surface area (Å²) < 4.78 is 0. The van der Waals surface area contributed by atoms with Crippen LogP contribution in [0.25, 0.3) is 10.9 Å². The molecule has 0 aliphatic heterocycles. The summed E-state index contributed by atoms with van der Waals surface area (Å²) in [5, 5.41) is 18.6. The smallest absolute Gasteiger partial charge is 0.326 e. The molecular formula is C25H37N5O5S2. The molecule has 1 aromatic carbocycles. The summed E-state index contributed by atoms with van der Waals surface area (Å²) in [6, 6.07) is 3.56. The third-order valence-corrected chi connectivity index (χ3v) is 6.87. The van der Waals surface area contributed by atoms with Gasteiger partial charge in [0.15, 0.2) is 0 Å². The first kappa shape index (κ1) is 30.5. The lowest BCUT2D eigenvalue weighted by Gasteiger charge is -2.26. The number of hydrogen-bond acceptors (Lipinski definition) is 7. The van der Waals surface area contributed by atoms with Crippen LogP contribution in [0.1, 0.15) is 32.3 Å². The van der Waals surface area contributed by atoms with Gasteiger partial charge in [0.05, 0.1) is 6.04 Å². The number of hydrogen-bond donors (Lipinski definition) is 7. The minimum absolute atomic E-state index is 0.0714. The molecule has 0 bridgehead atoms. The van der Waals surface area contributed by atoms with Crippen LogP contribution < -0.4 is 21.7 Å². The number of benzene rings is 1. The maximum atomic E-state index is 13.2. The van der Waals surface area contributed by atoms with Crippen molar-refractivity contribution in [2.75, 3.05) is 17.8 Å². The summed E-state index contributed by atoms with van der Waals surface area (Å²) in [4.78, 5) is 53.8. The second kappa shape index (κ2) is 14.9. The number of thioether (sulfide) groups is 1. The Hall–Kier alpha value is -2.70. The highest BCUT2D eigenvalue weighted by Gasteiger charge is 2.30. The molecule has 4 atom stereocenters. The number of aliphatic carboxylic acids is 1. The van der Waals surface area contributed by atoms with Gasteiger partial charge in [-0.15, -0.1) is 0 Å². The molecule has 0 fully saturated rings. The molecule has 1 aromatic heterocycles. The lowest BCUT2D eigenvalue weighted by molar-refractivity contribution is -0.142. The zero-order chi connectivity index (χ0) is 27.5. The Bertz CT molecular complexity index is 1080. The lowest BCUT2D eigenvalue weighted by atomic mass is 10.0. The number of H-pyrrole nitrogens is 1. The highest BCUT2D eigenvalue weighted by Crippen LogP contribution is 2.19. The number of rotatable bonds is 15. The number of nitrogens with one attached hydrogen (secondary N) is 4. The van der Waals surface area contributed by atoms with Crippen molar-refractivity contribution in [3.63, 3.8) is 0 Å². The first-order valence-electron chi connectivity index (χ1n) is 12.1. The number of nitrogens with two attached hydrogens (primary N) is 1. The molecule has 37 heavy (non-hydrogen) atoms. The topological polar surface area (TPSA) is 166 Å². The van der Waals surface area contributed by atoms with Gasteiger partial charge in [-0.3, -0.25) is 14.4 Å². The summed E-state index contributed by atoms with van der Waals surface area (Å²) in [6.45, 7) is 3.82. The van der Waals surface area contributed by atoms with Crippen LogP contribution in [0, 0.1) is 5.92 Å². The van der Waals surface area contributed by atoms with Crippen LogP contribution in [-0.4, -0.2) is 75.7 Å². The van der Waals surface area contributed by atoms with Crippen LogP contribution in [-0.2, 0) is 25.6 Å². The van der Waals surface area contributed by atoms with E-state index in [0.29, 0.717) is 12.2 Å². The summed E-state index contributed by atoms with van der Waals surface area (Å²) in [7, 11) is 0. The molecule has 2 aromatic rings. The van der Waals surface area contributed by atoms with Gasteiger partial charge in [0, 0.05) is 29.3 Å². The Kier molecular flexibility index (Phi) is 12.3. The Labute approximate surface area is 226 Å². The molecule has 12 heteroatoms. The number of carbonyl (C=O) groups is 4. The molecule has 0 aliphatic rings. The van der Waals surface area contributed by atoms with Crippen molar-refractivity contribution in [1.29, 1.82) is 0 Å². The number of carboxylic acid groups (broad SMARTS) is 1. The van der Waals surface area contributed by atoms with Gasteiger partial charge < -0.3 is 31.8 Å². The maximum absolute atomic E-state index is 13.2. The van der Waals surface area contributed by atoms with E-state index in [-0.39, 0.29) is 24.5 Å². The standard InChI is InChI=1S/C25H37N5O5S2/c1-14(2)10-20(29-22(31)17(26)13-36)24(33)28-19(8-9-37-3)23(32)30-21(25(34)35)11-15-12-27-18-7-5-4-6-16(15)18/h4-7,12,14,17,19-21,27,36H,8-11,13,26H2,1-3H3,(H,28,33)(H,29,31)(H,30,32)(H,34,35). The van der Waals surface area contributed by atoms with Gasteiger partial charge >= 0.3 is 5.97 Å². The Morgan fingerprint density at radius 1 is 1.03 bits per heavy atom. The van der Waals surface area contributed by atoms with Crippen molar-refractivity contribution in [1.82, 2.24) is 20.9 Å². The fourth-order valence-electron chi connectivity index (χ4n) is 3.83. The number of amides is 3. The van der Waals surface area contributed by atoms with E-state index < -0.39 is 47.9 Å². The quantitative estimate of drug-likeness (QED) is 0.164. The van der Waals surface area contributed by atoms with E-state index in [1.807, 2.05) is 44.4 Å². The molecule has 0 saturated carbocycles. The molecule has 7 N–H and O–H groups in total. The normalized spacial score (nSPS) is 14.5. The molecule has 1 heterocycles. The molecule has 0 spiro atoms. The molecule has 204 valence electrons.